The fourth-order valence-electron chi connectivity index (χ4n) is 2.67. The van der Waals surface area contributed by atoms with Gasteiger partial charge in [0, 0.05) is 10.0 Å². The standard InChI is InChI=1S/C15H20BrN3O3/c1-8-12(19(14(21)22)15(2,3)4)13(20)18-11-7-9(16)5-6-10(11)17-8/h5-8,12,17H,1-4H3,(H,18,20)(H,21,22)/t8-,12-/m0/s1. The summed E-state index contributed by atoms with van der Waals surface area (Å²) >= 11 is 3.37. The largest absolute Gasteiger partial charge is 0.465 e. The lowest BCUT2D eigenvalue weighted by molar-refractivity contribution is -0.122. The summed E-state index contributed by atoms with van der Waals surface area (Å²) in [5, 5.41) is 15.6. The molecule has 120 valence electrons. The third-order valence-electron chi connectivity index (χ3n) is 3.57. The lowest BCUT2D eigenvalue weighted by Gasteiger charge is -2.40. The van der Waals surface area contributed by atoms with Gasteiger partial charge in [0.05, 0.1) is 17.4 Å². The Morgan fingerprint density at radius 1 is 1.32 bits per heavy atom. The molecule has 1 heterocycles. The highest BCUT2D eigenvalue weighted by atomic mass is 79.9. The molecule has 1 aliphatic heterocycles. The van der Waals surface area contributed by atoms with Crippen molar-refractivity contribution in [3.63, 3.8) is 0 Å². The van der Waals surface area contributed by atoms with E-state index in [0.29, 0.717) is 5.69 Å². The number of rotatable bonds is 1. The minimum atomic E-state index is -1.12. The molecule has 1 aromatic carbocycles. The second-order valence-electron chi connectivity index (χ2n) is 6.38. The summed E-state index contributed by atoms with van der Waals surface area (Å²) in [6.45, 7) is 7.13. The van der Waals surface area contributed by atoms with E-state index >= 15 is 0 Å². The number of amides is 2. The normalized spacial score (nSPS) is 21.2. The first-order valence-corrected chi connectivity index (χ1v) is 7.80. The van der Waals surface area contributed by atoms with Gasteiger partial charge in [0.15, 0.2) is 0 Å². The number of carbonyl (C=O) groups excluding carboxylic acids is 1. The maximum Gasteiger partial charge on any atom is 0.408 e. The highest BCUT2D eigenvalue weighted by Gasteiger charge is 2.42. The van der Waals surface area contributed by atoms with E-state index in [4.69, 9.17) is 0 Å². The van der Waals surface area contributed by atoms with Crippen molar-refractivity contribution in [3.05, 3.63) is 22.7 Å². The third kappa shape index (κ3) is 3.19. The number of nitrogens with zero attached hydrogens (tertiary/aromatic N) is 1. The first-order valence-electron chi connectivity index (χ1n) is 7.00. The van der Waals surface area contributed by atoms with Gasteiger partial charge >= 0.3 is 6.09 Å². The van der Waals surface area contributed by atoms with Crippen molar-refractivity contribution in [2.75, 3.05) is 10.6 Å². The number of carbonyl (C=O) groups is 2. The van der Waals surface area contributed by atoms with Crippen molar-refractivity contribution in [2.45, 2.75) is 45.3 Å². The summed E-state index contributed by atoms with van der Waals surface area (Å²) in [7, 11) is 0. The Hall–Kier alpha value is -1.76. The molecule has 3 N–H and O–H groups in total. The van der Waals surface area contributed by atoms with E-state index in [2.05, 4.69) is 26.6 Å². The van der Waals surface area contributed by atoms with Gasteiger partial charge in [-0.2, -0.15) is 0 Å². The van der Waals surface area contributed by atoms with Crippen LogP contribution in [0.15, 0.2) is 22.7 Å². The second kappa shape index (κ2) is 5.79. The summed E-state index contributed by atoms with van der Waals surface area (Å²) in [4.78, 5) is 25.5. The molecule has 2 atom stereocenters. The number of hydrogen-bond acceptors (Lipinski definition) is 3. The van der Waals surface area contributed by atoms with Crippen LogP contribution in [0, 0.1) is 0 Å². The second-order valence-corrected chi connectivity index (χ2v) is 7.30. The van der Waals surface area contributed by atoms with Crippen LogP contribution >= 0.6 is 15.9 Å². The SMILES string of the molecule is C[C@@H]1Nc2ccc(Br)cc2NC(=O)[C@H]1N(C(=O)O)C(C)(C)C. The van der Waals surface area contributed by atoms with Gasteiger partial charge in [0.2, 0.25) is 5.91 Å². The molecule has 0 bridgehead atoms. The van der Waals surface area contributed by atoms with Crippen LogP contribution in [0.25, 0.3) is 0 Å². The van der Waals surface area contributed by atoms with Crippen LogP contribution in [0.4, 0.5) is 16.2 Å². The zero-order valence-corrected chi connectivity index (χ0v) is 14.6. The fourth-order valence-corrected chi connectivity index (χ4v) is 3.03. The van der Waals surface area contributed by atoms with Crippen molar-refractivity contribution < 1.29 is 14.7 Å². The first kappa shape index (κ1) is 16.6. The van der Waals surface area contributed by atoms with Crippen molar-refractivity contribution >= 4 is 39.3 Å². The molecule has 0 radical (unpaired) electrons. The smallest absolute Gasteiger partial charge is 0.408 e. The van der Waals surface area contributed by atoms with Crippen LogP contribution in [-0.2, 0) is 4.79 Å². The lowest BCUT2D eigenvalue weighted by atomic mass is 9.99. The number of halogens is 1. The Labute approximate surface area is 138 Å². The topological polar surface area (TPSA) is 81.7 Å². The van der Waals surface area contributed by atoms with Crippen molar-refractivity contribution in [2.24, 2.45) is 0 Å². The molecular formula is C15H20BrN3O3. The molecule has 22 heavy (non-hydrogen) atoms. The van der Waals surface area contributed by atoms with Crippen LogP contribution in [0.2, 0.25) is 0 Å². The van der Waals surface area contributed by atoms with Crippen LogP contribution in [0.3, 0.4) is 0 Å². The molecule has 0 aromatic heterocycles. The lowest BCUT2D eigenvalue weighted by Crippen LogP contribution is -2.60. The molecule has 2 amide bonds. The van der Waals surface area contributed by atoms with Gasteiger partial charge in [-0.05, 0) is 45.9 Å². The number of hydrogen-bond donors (Lipinski definition) is 3. The Balaban J connectivity index is 2.43. The summed E-state index contributed by atoms with van der Waals surface area (Å²) in [6, 6.07) is 4.31. The van der Waals surface area contributed by atoms with Crippen LogP contribution in [0.5, 0.6) is 0 Å². The van der Waals surface area contributed by atoms with Crippen LogP contribution in [0.1, 0.15) is 27.7 Å². The molecule has 0 fully saturated rings. The molecule has 0 saturated carbocycles. The van der Waals surface area contributed by atoms with Gasteiger partial charge in [-0.25, -0.2) is 4.79 Å². The molecule has 1 aromatic rings. The van der Waals surface area contributed by atoms with Gasteiger partial charge in [-0.15, -0.1) is 0 Å². The zero-order valence-electron chi connectivity index (χ0n) is 13.0. The Kier molecular flexibility index (Phi) is 4.37. The van der Waals surface area contributed by atoms with Gasteiger partial charge in [-0.3, -0.25) is 9.69 Å². The Morgan fingerprint density at radius 3 is 2.50 bits per heavy atom. The molecule has 6 nitrogen and oxygen atoms in total. The maximum absolute atomic E-state index is 12.6. The predicted molar refractivity (Wildman–Crippen MR) is 89.3 cm³/mol. The van der Waals surface area contributed by atoms with Gasteiger partial charge < -0.3 is 15.7 Å². The fraction of sp³-hybridized carbons (Fsp3) is 0.467. The van der Waals surface area contributed by atoms with E-state index in [-0.39, 0.29) is 11.9 Å². The van der Waals surface area contributed by atoms with Crippen molar-refractivity contribution in [1.82, 2.24) is 4.90 Å². The minimum Gasteiger partial charge on any atom is -0.465 e. The monoisotopic (exact) mass is 369 g/mol. The van der Waals surface area contributed by atoms with Crippen LogP contribution < -0.4 is 10.6 Å². The van der Waals surface area contributed by atoms with Crippen molar-refractivity contribution in [3.8, 4) is 0 Å². The third-order valence-corrected chi connectivity index (χ3v) is 4.07. The molecule has 2 rings (SSSR count). The van der Waals surface area contributed by atoms with Gasteiger partial charge in [0.25, 0.3) is 0 Å². The van der Waals surface area contributed by atoms with Crippen molar-refractivity contribution in [1.29, 1.82) is 0 Å². The number of anilines is 2. The molecule has 0 unspecified atom stereocenters. The number of carboxylic acid groups (broad SMARTS) is 1. The molecule has 1 aliphatic rings. The van der Waals surface area contributed by atoms with E-state index in [1.807, 2.05) is 19.1 Å². The van der Waals surface area contributed by atoms with Gasteiger partial charge in [0.1, 0.15) is 6.04 Å². The van der Waals surface area contributed by atoms with E-state index in [0.717, 1.165) is 10.2 Å². The Morgan fingerprint density at radius 2 is 1.95 bits per heavy atom. The highest BCUT2D eigenvalue weighted by Crippen LogP contribution is 2.32. The molecule has 7 heteroatoms. The van der Waals surface area contributed by atoms with Gasteiger partial charge in [-0.1, -0.05) is 15.9 Å². The summed E-state index contributed by atoms with van der Waals surface area (Å²) in [5.74, 6) is -0.339. The number of fused-ring (bicyclic) bond motifs is 1. The molecule has 0 saturated heterocycles. The highest BCUT2D eigenvalue weighted by molar-refractivity contribution is 9.10. The van der Waals surface area contributed by atoms with E-state index < -0.39 is 17.7 Å². The quantitative estimate of drug-likeness (QED) is 0.708. The average molecular weight is 370 g/mol. The van der Waals surface area contributed by atoms with Crippen LogP contribution in [-0.4, -0.2) is 39.6 Å². The summed E-state index contributed by atoms with van der Waals surface area (Å²) in [5.41, 5.74) is 0.708. The molecule has 0 aliphatic carbocycles. The first-order chi connectivity index (χ1) is 10.1. The number of nitrogens with one attached hydrogen (secondary N) is 2. The minimum absolute atomic E-state index is 0.339. The number of benzene rings is 1. The van der Waals surface area contributed by atoms with E-state index in [9.17, 15) is 14.7 Å². The van der Waals surface area contributed by atoms with E-state index in [1.165, 1.54) is 4.90 Å². The van der Waals surface area contributed by atoms with E-state index in [1.54, 1.807) is 26.8 Å². The summed E-state index contributed by atoms with van der Waals surface area (Å²) < 4.78 is 0.838. The molecule has 0 spiro atoms. The Bertz CT molecular complexity index is 613. The molecular weight excluding hydrogens is 350 g/mol. The summed E-state index contributed by atoms with van der Waals surface area (Å²) in [6.07, 6.45) is -1.12. The average Bonchev–Trinajstić information content (AvgIpc) is 2.46. The zero-order chi connectivity index (χ0) is 16.7. The predicted octanol–water partition coefficient (Wildman–Crippen LogP) is 3.35. The maximum atomic E-state index is 12.6.